The maximum Gasteiger partial charge on any atom is 0.0331 e. The van der Waals surface area contributed by atoms with Crippen LogP contribution in [0.25, 0.3) is 0 Å². The molecule has 0 bridgehead atoms. The first-order valence-electron chi connectivity index (χ1n) is 7.42. The largest absolute Gasteiger partial charge is 0.263 e. The van der Waals surface area contributed by atoms with Gasteiger partial charge in [0, 0.05) is 11.4 Å². The predicted octanol–water partition coefficient (Wildman–Crippen LogP) is 5.90. The summed E-state index contributed by atoms with van der Waals surface area (Å²) in [6.07, 6.45) is 12.8. The van der Waals surface area contributed by atoms with E-state index < -0.39 is 0 Å². The van der Waals surface area contributed by atoms with Crippen LogP contribution in [0.1, 0.15) is 85.0 Å². The molecule has 0 saturated carbocycles. The number of nitrogens with zero attached hydrogens (tertiary/aromatic N) is 1. The molecule has 0 aromatic carbocycles. The van der Waals surface area contributed by atoms with Gasteiger partial charge in [-0.3, -0.25) is 4.99 Å². The molecule has 0 atom stereocenters. The third-order valence-corrected chi connectivity index (χ3v) is 3.06. The Hall–Kier alpha value is -0.590. The standard InChI is InChI=1S/C16H31N/c1-5-7-9-10-11-12-14-16(4)17-15(3)13-8-6-2/h3,5-14H2,1-2,4H3. The quantitative estimate of drug-likeness (QED) is 0.313. The first-order valence-corrected chi connectivity index (χ1v) is 7.42. The van der Waals surface area contributed by atoms with Crippen molar-refractivity contribution in [2.75, 3.05) is 0 Å². The van der Waals surface area contributed by atoms with Crippen LogP contribution >= 0.6 is 0 Å². The fourth-order valence-corrected chi connectivity index (χ4v) is 1.92. The molecule has 0 unspecified atom stereocenters. The fraction of sp³-hybridized carbons (Fsp3) is 0.812. The molecule has 1 heteroatoms. The molecule has 0 aliphatic heterocycles. The van der Waals surface area contributed by atoms with E-state index in [1.807, 2.05) is 0 Å². The van der Waals surface area contributed by atoms with Gasteiger partial charge in [-0.2, -0.15) is 0 Å². The minimum Gasteiger partial charge on any atom is -0.263 e. The molecule has 0 fully saturated rings. The van der Waals surface area contributed by atoms with Crippen molar-refractivity contribution in [3.63, 3.8) is 0 Å². The second kappa shape index (κ2) is 11.9. The lowest BCUT2D eigenvalue weighted by atomic mass is 10.1. The number of rotatable bonds is 11. The Bertz CT molecular complexity index is 216. The van der Waals surface area contributed by atoms with Crippen LogP contribution in [0.5, 0.6) is 0 Å². The van der Waals surface area contributed by atoms with E-state index in [1.54, 1.807) is 0 Å². The van der Waals surface area contributed by atoms with Crippen molar-refractivity contribution in [2.24, 2.45) is 4.99 Å². The summed E-state index contributed by atoms with van der Waals surface area (Å²) in [5.41, 5.74) is 2.33. The minimum absolute atomic E-state index is 1.06. The van der Waals surface area contributed by atoms with E-state index >= 15 is 0 Å². The third-order valence-electron chi connectivity index (χ3n) is 3.06. The zero-order chi connectivity index (χ0) is 12.9. The van der Waals surface area contributed by atoms with Crippen LogP contribution in [0.15, 0.2) is 17.3 Å². The summed E-state index contributed by atoms with van der Waals surface area (Å²) >= 11 is 0. The minimum atomic E-state index is 1.06. The molecule has 17 heavy (non-hydrogen) atoms. The van der Waals surface area contributed by atoms with Crippen LogP contribution in [0.4, 0.5) is 0 Å². The molecule has 0 heterocycles. The number of hydrogen-bond acceptors (Lipinski definition) is 1. The Morgan fingerprint density at radius 3 is 2.06 bits per heavy atom. The highest BCUT2D eigenvalue weighted by Crippen LogP contribution is 2.10. The maximum atomic E-state index is 4.57. The summed E-state index contributed by atoms with van der Waals surface area (Å²) in [4.78, 5) is 4.57. The summed E-state index contributed by atoms with van der Waals surface area (Å²) < 4.78 is 0. The third kappa shape index (κ3) is 11.7. The SMILES string of the molecule is C=C(CCCC)N=C(C)CCCCCCCC. The van der Waals surface area contributed by atoms with Gasteiger partial charge in [0.15, 0.2) is 0 Å². The van der Waals surface area contributed by atoms with Gasteiger partial charge in [0.2, 0.25) is 0 Å². The molecular weight excluding hydrogens is 206 g/mol. The van der Waals surface area contributed by atoms with Gasteiger partial charge in [0.05, 0.1) is 0 Å². The topological polar surface area (TPSA) is 12.4 Å². The highest BCUT2D eigenvalue weighted by Gasteiger charge is 1.96. The summed E-state index contributed by atoms with van der Waals surface area (Å²) in [7, 11) is 0. The van der Waals surface area contributed by atoms with E-state index in [0.717, 1.165) is 18.5 Å². The molecular formula is C16H31N. The second-order valence-electron chi connectivity index (χ2n) is 5.03. The first kappa shape index (κ1) is 16.4. The molecule has 0 radical (unpaired) electrons. The van der Waals surface area contributed by atoms with Gasteiger partial charge in [-0.25, -0.2) is 0 Å². The van der Waals surface area contributed by atoms with Crippen molar-refractivity contribution in [3.05, 3.63) is 12.3 Å². The Balaban J connectivity index is 3.52. The van der Waals surface area contributed by atoms with Crippen LogP contribution in [0, 0.1) is 0 Å². The highest BCUT2D eigenvalue weighted by molar-refractivity contribution is 5.82. The predicted molar refractivity (Wildman–Crippen MR) is 79.8 cm³/mol. The van der Waals surface area contributed by atoms with Crippen LogP contribution in [0.2, 0.25) is 0 Å². The molecule has 100 valence electrons. The molecule has 0 aromatic rings. The number of unbranched alkanes of at least 4 members (excludes halogenated alkanes) is 6. The number of allylic oxidation sites excluding steroid dienone is 1. The van der Waals surface area contributed by atoms with Gasteiger partial charge >= 0.3 is 0 Å². The summed E-state index contributed by atoms with van der Waals surface area (Å²) in [5.74, 6) is 0. The van der Waals surface area contributed by atoms with Gasteiger partial charge < -0.3 is 0 Å². The summed E-state index contributed by atoms with van der Waals surface area (Å²) in [5, 5.41) is 0. The van der Waals surface area contributed by atoms with Crippen LogP contribution in [0.3, 0.4) is 0 Å². The first-order chi connectivity index (χ1) is 8.20. The van der Waals surface area contributed by atoms with Gasteiger partial charge in [-0.15, -0.1) is 0 Å². The Labute approximate surface area is 108 Å². The van der Waals surface area contributed by atoms with E-state index in [9.17, 15) is 0 Å². The molecule has 0 amide bonds. The molecule has 0 aromatic heterocycles. The summed E-state index contributed by atoms with van der Waals surface area (Å²) in [6.45, 7) is 10.6. The number of hydrogen-bond donors (Lipinski definition) is 0. The highest BCUT2D eigenvalue weighted by atomic mass is 14.7. The van der Waals surface area contributed by atoms with Gasteiger partial charge in [0.1, 0.15) is 0 Å². The van der Waals surface area contributed by atoms with Crippen LogP contribution in [-0.2, 0) is 0 Å². The average molecular weight is 237 g/mol. The second-order valence-corrected chi connectivity index (χ2v) is 5.03. The molecule has 0 spiro atoms. The Kier molecular flexibility index (Phi) is 11.5. The normalized spacial score (nSPS) is 11.8. The molecule has 0 aliphatic rings. The Morgan fingerprint density at radius 2 is 1.41 bits per heavy atom. The van der Waals surface area contributed by atoms with Crippen molar-refractivity contribution in [3.8, 4) is 0 Å². The average Bonchev–Trinajstić information content (AvgIpc) is 2.31. The van der Waals surface area contributed by atoms with E-state index in [4.69, 9.17) is 0 Å². The molecule has 0 saturated heterocycles. The molecule has 0 N–H and O–H groups in total. The van der Waals surface area contributed by atoms with Crippen molar-refractivity contribution < 1.29 is 0 Å². The Morgan fingerprint density at radius 1 is 0.824 bits per heavy atom. The zero-order valence-corrected chi connectivity index (χ0v) is 12.2. The maximum absolute atomic E-state index is 4.57. The van der Waals surface area contributed by atoms with E-state index in [2.05, 4.69) is 32.3 Å². The number of aliphatic imine (C=N–C) groups is 1. The van der Waals surface area contributed by atoms with Gasteiger partial charge in [0.25, 0.3) is 0 Å². The zero-order valence-electron chi connectivity index (χ0n) is 12.2. The van der Waals surface area contributed by atoms with Crippen LogP contribution < -0.4 is 0 Å². The lowest BCUT2D eigenvalue weighted by Crippen LogP contribution is -1.93. The van der Waals surface area contributed by atoms with E-state index in [-0.39, 0.29) is 0 Å². The lowest BCUT2D eigenvalue weighted by Gasteiger charge is -2.03. The molecule has 0 aliphatic carbocycles. The smallest absolute Gasteiger partial charge is 0.0331 e. The van der Waals surface area contributed by atoms with E-state index in [1.165, 1.54) is 57.1 Å². The van der Waals surface area contributed by atoms with Crippen molar-refractivity contribution in [1.29, 1.82) is 0 Å². The fourth-order valence-electron chi connectivity index (χ4n) is 1.92. The summed E-state index contributed by atoms with van der Waals surface area (Å²) in [6, 6.07) is 0. The van der Waals surface area contributed by atoms with Crippen LogP contribution in [-0.4, -0.2) is 5.71 Å². The van der Waals surface area contributed by atoms with Crippen molar-refractivity contribution in [1.82, 2.24) is 0 Å². The molecule has 0 rings (SSSR count). The van der Waals surface area contributed by atoms with Gasteiger partial charge in [-0.05, 0) is 32.6 Å². The van der Waals surface area contributed by atoms with Crippen molar-refractivity contribution in [2.45, 2.75) is 85.0 Å². The van der Waals surface area contributed by atoms with Gasteiger partial charge in [-0.1, -0.05) is 59.0 Å². The molecule has 1 nitrogen and oxygen atoms in total. The lowest BCUT2D eigenvalue weighted by molar-refractivity contribution is 0.615. The monoisotopic (exact) mass is 237 g/mol. The van der Waals surface area contributed by atoms with Crippen molar-refractivity contribution >= 4 is 5.71 Å². The van der Waals surface area contributed by atoms with E-state index in [0.29, 0.717) is 0 Å².